The average molecular weight is 371 g/mol. The maximum atomic E-state index is 12.7. The fraction of sp³-hybridized carbons (Fsp3) is 0.550. The number of hydrazine groups is 1. The number of piperidine rings is 1. The summed E-state index contributed by atoms with van der Waals surface area (Å²) in [6.45, 7) is 8.12. The Morgan fingerprint density at radius 2 is 1.78 bits per heavy atom. The zero-order valence-electron chi connectivity index (χ0n) is 16.5. The molecule has 0 spiro atoms. The van der Waals surface area contributed by atoms with Gasteiger partial charge in [0.25, 0.3) is 5.91 Å². The molecule has 146 valence electrons. The first-order valence-corrected chi connectivity index (χ1v) is 9.65. The summed E-state index contributed by atoms with van der Waals surface area (Å²) in [5, 5.41) is 8.61. The number of nitrogens with one attached hydrogen (secondary N) is 3. The highest BCUT2D eigenvalue weighted by Gasteiger charge is 2.39. The summed E-state index contributed by atoms with van der Waals surface area (Å²) in [6, 6.07) is 4.33. The molecule has 0 bridgehead atoms. The second kappa shape index (κ2) is 7.24. The quantitative estimate of drug-likeness (QED) is 0.743. The van der Waals surface area contributed by atoms with Crippen LogP contribution in [0.4, 0.5) is 5.69 Å². The summed E-state index contributed by atoms with van der Waals surface area (Å²) >= 11 is 0. The minimum absolute atomic E-state index is 0.0185. The van der Waals surface area contributed by atoms with Crippen molar-refractivity contribution >= 4 is 11.6 Å². The molecule has 3 N–H and O–H groups in total. The lowest BCUT2D eigenvalue weighted by molar-refractivity contribution is -0.122. The SMILES string of the molecule is COC1CCN(C2NC(=O)C3=CN(c4c(C)cc(C)cc4C)NC3N2)CC1. The van der Waals surface area contributed by atoms with E-state index in [1.54, 1.807) is 7.11 Å². The van der Waals surface area contributed by atoms with Crippen LogP contribution in [0.2, 0.25) is 0 Å². The second-order valence-electron chi connectivity index (χ2n) is 7.78. The number of methoxy groups -OCH3 is 1. The minimum atomic E-state index is -0.191. The maximum Gasteiger partial charge on any atom is 0.254 e. The van der Waals surface area contributed by atoms with Crippen LogP contribution in [-0.4, -0.2) is 49.6 Å². The molecule has 2 atom stereocenters. The summed E-state index contributed by atoms with van der Waals surface area (Å²) in [4.78, 5) is 15.0. The highest BCUT2D eigenvalue weighted by atomic mass is 16.5. The van der Waals surface area contributed by atoms with E-state index in [1.807, 2.05) is 11.2 Å². The van der Waals surface area contributed by atoms with E-state index in [-0.39, 0.29) is 18.4 Å². The molecule has 1 amide bonds. The van der Waals surface area contributed by atoms with Gasteiger partial charge in [-0.2, -0.15) is 0 Å². The van der Waals surface area contributed by atoms with Crippen LogP contribution >= 0.6 is 0 Å². The molecule has 27 heavy (non-hydrogen) atoms. The first-order valence-electron chi connectivity index (χ1n) is 9.65. The molecule has 1 aromatic carbocycles. The third-order valence-corrected chi connectivity index (χ3v) is 5.75. The lowest BCUT2D eigenvalue weighted by atomic mass is 10.0. The van der Waals surface area contributed by atoms with Crippen LogP contribution in [0.3, 0.4) is 0 Å². The summed E-state index contributed by atoms with van der Waals surface area (Å²) in [5.41, 5.74) is 8.89. The Bertz CT molecular complexity index is 747. The van der Waals surface area contributed by atoms with Crippen molar-refractivity contribution in [1.82, 2.24) is 21.0 Å². The van der Waals surface area contributed by atoms with Gasteiger partial charge in [-0.1, -0.05) is 17.7 Å². The fourth-order valence-corrected chi connectivity index (χ4v) is 4.43. The van der Waals surface area contributed by atoms with Crippen LogP contribution in [0.15, 0.2) is 23.9 Å². The predicted octanol–water partition coefficient (Wildman–Crippen LogP) is 1.26. The number of nitrogens with zero attached hydrogens (tertiary/aromatic N) is 2. The summed E-state index contributed by atoms with van der Waals surface area (Å²) in [6.07, 6.45) is 3.85. The van der Waals surface area contributed by atoms with E-state index in [9.17, 15) is 4.79 Å². The summed E-state index contributed by atoms with van der Waals surface area (Å²) in [5.74, 6) is -0.0185. The molecule has 3 aliphatic rings. The van der Waals surface area contributed by atoms with Crippen molar-refractivity contribution in [2.24, 2.45) is 0 Å². The molecule has 1 aromatic rings. The lowest BCUT2D eigenvalue weighted by Gasteiger charge is -2.41. The van der Waals surface area contributed by atoms with Gasteiger partial charge in [0.05, 0.1) is 17.4 Å². The fourth-order valence-electron chi connectivity index (χ4n) is 4.43. The molecule has 0 saturated carbocycles. The number of ether oxygens (including phenoxy) is 1. The monoisotopic (exact) mass is 371 g/mol. The zero-order valence-corrected chi connectivity index (χ0v) is 16.5. The van der Waals surface area contributed by atoms with Crippen molar-refractivity contribution in [3.05, 3.63) is 40.6 Å². The number of carbonyl (C=O) groups excluding carboxylic acids is 1. The van der Waals surface area contributed by atoms with Crippen molar-refractivity contribution in [2.45, 2.75) is 52.2 Å². The summed E-state index contributed by atoms with van der Waals surface area (Å²) in [7, 11) is 1.77. The third kappa shape index (κ3) is 3.48. The molecular weight excluding hydrogens is 342 g/mol. The number of carbonyl (C=O) groups is 1. The first kappa shape index (κ1) is 18.4. The largest absolute Gasteiger partial charge is 0.381 e. The molecule has 0 aliphatic carbocycles. The predicted molar refractivity (Wildman–Crippen MR) is 105 cm³/mol. The van der Waals surface area contributed by atoms with Crippen molar-refractivity contribution < 1.29 is 9.53 Å². The zero-order chi connectivity index (χ0) is 19.1. The van der Waals surface area contributed by atoms with Gasteiger partial charge in [0.1, 0.15) is 12.5 Å². The smallest absolute Gasteiger partial charge is 0.254 e. The van der Waals surface area contributed by atoms with Gasteiger partial charge in [-0.05, 0) is 44.7 Å². The normalized spacial score (nSPS) is 26.7. The number of benzene rings is 1. The second-order valence-corrected chi connectivity index (χ2v) is 7.78. The molecule has 7 nitrogen and oxygen atoms in total. The van der Waals surface area contributed by atoms with Crippen molar-refractivity contribution in [1.29, 1.82) is 0 Å². The maximum absolute atomic E-state index is 12.7. The van der Waals surface area contributed by atoms with Gasteiger partial charge in [0, 0.05) is 26.4 Å². The molecule has 2 fully saturated rings. The molecule has 3 heterocycles. The van der Waals surface area contributed by atoms with E-state index < -0.39 is 0 Å². The molecule has 0 radical (unpaired) electrons. The Labute approximate surface area is 160 Å². The lowest BCUT2D eigenvalue weighted by Crippen LogP contribution is -2.68. The number of anilines is 1. The number of amides is 1. The van der Waals surface area contributed by atoms with Gasteiger partial charge < -0.3 is 10.1 Å². The molecule has 7 heteroatoms. The number of rotatable bonds is 3. The third-order valence-electron chi connectivity index (χ3n) is 5.75. The van der Waals surface area contributed by atoms with Crippen molar-refractivity contribution in [2.75, 3.05) is 25.2 Å². The number of hydrogen-bond acceptors (Lipinski definition) is 6. The van der Waals surface area contributed by atoms with Crippen molar-refractivity contribution in [3.63, 3.8) is 0 Å². The first-order chi connectivity index (χ1) is 13.0. The van der Waals surface area contributed by atoms with E-state index in [0.717, 1.165) is 37.2 Å². The molecule has 0 aromatic heterocycles. The summed E-state index contributed by atoms with van der Waals surface area (Å²) < 4.78 is 5.45. The Balaban J connectivity index is 1.49. The average Bonchev–Trinajstić information content (AvgIpc) is 3.05. The van der Waals surface area contributed by atoms with Gasteiger partial charge >= 0.3 is 0 Å². The van der Waals surface area contributed by atoms with Crippen LogP contribution in [0.5, 0.6) is 0 Å². The van der Waals surface area contributed by atoms with E-state index >= 15 is 0 Å². The highest BCUT2D eigenvalue weighted by Crippen LogP contribution is 2.29. The van der Waals surface area contributed by atoms with Crippen LogP contribution in [0.25, 0.3) is 0 Å². The van der Waals surface area contributed by atoms with Gasteiger partial charge in [0.15, 0.2) is 0 Å². The van der Waals surface area contributed by atoms with E-state index in [2.05, 4.69) is 53.9 Å². The van der Waals surface area contributed by atoms with Crippen LogP contribution in [0.1, 0.15) is 29.5 Å². The minimum Gasteiger partial charge on any atom is -0.381 e. The Morgan fingerprint density at radius 1 is 1.11 bits per heavy atom. The van der Waals surface area contributed by atoms with Crippen LogP contribution < -0.4 is 21.1 Å². The van der Waals surface area contributed by atoms with Gasteiger partial charge in [-0.25, -0.2) is 5.43 Å². The van der Waals surface area contributed by atoms with Crippen molar-refractivity contribution in [3.8, 4) is 0 Å². The van der Waals surface area contributed by atoms with E-state index in [1.165, 1.54) is 16.7 Å². The molecular formula is C20H29N5O2. The molecule has 3 aliphatic heterocycles. The number of likely N-dealkylation sites (tertiary alicyclic amines) is 1. The van der Waals surface area contributed by atoms with Gasteiger partial charge in [-0.3, -0.25) is 20.0 Å². The molecule has 4 rings (SSSR count). The van der Waals surface area contributed by atoms with Gasteiger partial charge in [0.2, 0.25) is 0 Å². The number of fused-ring (bicyclic) bond motifs is 1. The Kier molecular flexibility index (Phi) is 4.94. The highest BCUT2D eigenvalue weighted by molar-refractivity contribution is 5.96. The molecule has 2 unspecified atom stereocenters. The number of aryl methyl sites for hydroxylation is 3. The topological polar surface area (TPSA) is 68.9 Å². The van der Waals surface area contributed by atoms with Gasteiger partial charge in [-0.15, -0.1) is 0 Å². The van der Waals surface area contributed by atoms with E-state index in [4.69, 9.17) is 4.74 Å². The Hall–Kier alpha value is -1.93. The van der Waals surface area contributed by atoms with E-state index in [0.29, 0.717) is 6.10 Å². The standard InChI is InChI=1S/C20H29N5O2/c1-12-9-13(2)17(14(3)10-12)25-11-16-18(23-25)21-20(22-19(16)26)24-7-5-15(27-4)6-8-24/h9-11,15,18,20-21,23H,5-8H2,1-4H3,(H,22,26). The Morgan fingerprint density at radius 3 is 2.41 bits per heavy atom. The number of hydrogen-bond donors (Lipinski definition) is 3. The molecule has 2 saturated heterocycles. The van der Waals surface area contributed by atoms with Crippen LogP contribution in [-0.2, 0) is 9.53 Å². The van der Waals surface area contributed by atoms with Crippen LogP contribution in [0, 0.1) is 20.8 Å².